The first-order valence-corrected chi connectivity index (χ1v) is 4.89. The molecule has 0 N–H and O–H groups in total. The van der Waals surface area contributed by atoms with Crippen LogP contribution in [-0.4, -0.2) is 23.4 Å². The van der Waals surface area contributed by atoms with Crippen LogP contribution in [0, 0.1) is 5.92 Å². The second kappa shape index (κ2) is 1.73. The summed E-state index contributed by atoms with van der Waals surface area (Å²) < 4.78 is 11.8. The number of rotatable bonds is 0. The highest BCUT2D eigenvalue weighted by Gasteiger charge is 2.68. The molecule has 1 saturated carbocycles. The van der Waals surface area contributed by atoms with Crippen molar-refractivity contribution in [1.82, 2.24) is 0 Å². The third-order valence-electron chi connectivity index (χ3n) is 3.86. The summed E-state index contributed by atoms with van der Waals surface area (Å²) in [5.74, 6) is 0.643. The lowest BCUT2D eigenvalue weighted by atomic mass is 9.69. The van der Waals surface area contributed by atoms with Crippen LogP contribution >= 0.6 is 0 Å². The molecule has 0 amide bonds. The quantitative estimate of drug-likeness (QED) is 0.514. The summed E-state index contributed by atoms with van der Waals surface area (Å²) in [6.45, 7) is 6.61. The van der Waals surface area contributed by atoms with Crippen LogP contribution in [0.25, 0.3) is 0 Å². The van der Waals surface area contributed by atoms with E-state index in [-0.39, 0.29) is 11.2 Å². The van der Waals surface area contributed by atoms with Crippen molar-refractivity contribution in [1.29, 1.82) is 0 Å². The minimum absolute atomic E-state index is 0.0307. The predicted molar refractivity (Wildman–Crippen MR) is 45.0 cm³/mol. The lowest BCUT2D eigenvalue weighted by molar-refractivity contribution is -0.214. The van der Waals surface area contributed by atoms with Crippen molar-refractivity contribution in [3.05, 3.63) is 0 Å². The third kappa shape index (κ3) is 0.686. The molecule has 68 valence electrons. The number of fused-ring (bicyclic) bond motifs is 2. The molecular weight excluding hydrogens is 152 g/mol. The highest BCUT2D eigenvalue weighted by molar-refractivity contribution is 5.15. The Labute approximate surface area is 73.2 Å². The smallest absolute Gasteiger partial charge is 0.113 e. The SMILES string of the molecule is CC1(C)O[C@]2(C)CC[C@@H]1[C@H]1O[C@@H]12. The van der Waals surface area contributed by atoms with Gasteiger partial charge in [0.1, 0.15) is 6.10 Å². The van der Waals surface area contributed by atoms with Crippen molar-refractivity contribution < 1.29 is 9.47 Å². The summed E-state index contributed by atoms with van der Waals surface area (Å²) >= 11 is 0. The molecule has 2 nitrogen and oxygen atoms in total. The lowest BCUT2D eigenvalue weighted by Crippen LogP contribution is -2.58. The first kappa shape index (κ1) is 7.34. The maximum Gasteiger partial charge on any atom is 0.113 e. The summed E-state index contributed by atoms with van der Waals surface area (Å²) in [7, 11) is 0. The van der Waals surface area contributed by atoms with Crippen LogP contribution in [0.3, 0.4) is 0 Å². The standard InChI is InChI=1S/C10H16O2/c1-9(2)6-4-5-10(3,12-9)8-7(6)11-8/h6-8H,4-5H2,1-3H3/t6-,7-,8+,10-/m1/s1. The highest BCUT2D eigenvalue weighted by atomic mass is 16.6. The fraction of sp³-hybridized carbons (Fsp3) is 1.00. The Bertz CT molecular complexity index is 236. The molecule has 0 aromatic rings. The van der Waals surface area contributed by atoms with Crippen LogP contribution in [0.4, 0.5) is 0 Å². The molecule has 4 aliphatic rings. The molecule has 0 aromatic carbocycles. The van der Waals surface area contributed by atoms with Crippen molar-refractivity contribution in [3.8, 4) is 0 Å². The second-order valence-corrected chi connectivity index (χ2v) is 5.18. The number of hydrogen-bond acceptors (Lipinski definition) is 2. The van der Waals surface area contributed by atoms with Crippen LogP contribution in [0.2, 0.25) is 0 Å². The molecule has 0 unspecified atom stereocenters. The van der Waals surface area contributed by atoms with E-state index in [1.54, 1.807) is 0 Å². The number of hydrogen-bond donors (Lipinski definition) is 0. The predicted octanol–water partition coefficient (Wildman–Crippen LogP) is 1.73. The largest absolute Gasteiger partial charge is 0.366 e. The summed E-state index contributed by atoms with van der Waals surface area (Å²) in [6.07, 6.45) is 3.41. The van der Waals surface area contributed by atoms with Crippen LogP contribution < -0.4 is 0 Å². The second-order valence-electron chi connectivity index (χ2n) is 5.18. The molecule has 12 heavy (non-hydrogen) atoms. The van der Waals surface area contributed by atoms with Crippen LogP contribution in [0.15, 0.2) is 0 Å². The molecule has 3 saturated heterocycles. The Morgan fingerprint density at radius 3 is 2.58 bits per heavy atom. The molecular formula is C10H16O2. The minimum atomic E-state index is 0.0307. The van der Waals surface area contributed by atoms with Crippen molar-refractivity contribution in [2.45, 2.75) is 57.0 Å². The monoisotopic (exact) mass is 168 g/mol. The highest BCUT2D eigenvalue weighted by Crippen LogP contribution is 2.58. The molecule has 2 bridgehead atoms. The van der Waals surface area contributed by atoms with Gasteiger partial charge in [-0.3, -0.25) is 0 Å². The average molecular weight is 168 g/mol. The van der Waals surface area contributed by atoms with E-state index >= 15 is 0 Å². The Morgan fingerprint density at radius 2 is 2.00 bits per heavy atom. The van der Waals surface area contributed by atoms with Crippen LogP contribution in [0.1, 0.15) is 33.6 Å². The van der Waals surface area contributed by atoms with Crippen molar-refractivity contribution in [2.75, 3.05) is 0 Å². The first-order valence-electron chi connectivity index (χ1n) is 4.89. The van der Waals surface area contributed by atoms with E-state index in [2.05, 4.69) is 20.8 Å². The van der Waals surface area contributed by atoms with E-state index in [1.165, 1.54) is 12.8 Å². The first-order chi connectivity index (χ1) is 5.53. The summed E-state index contributed by atoms with van der Waals surface area (Å²) in [5.41, 5.74) is 0.0770. The van der Waals surface area contributed by atoms with Gasteiger partial charge in [0.2, 0.25) is 0 Å². The number of ether oxygens (including phenoxy) is 2. The van der Waals surface area contributed by atoms with E-state index < -0.39 is 0 Å². The molecule has 3 aliphatic heterocycles. The normalized spacial score (nSPS) is 59.8. The molecule has 4 rings (SSSR count). The van der Waals surface area contributed by atoms with Crippen molar-refractivity contribution in [3.63, 3.8) is 0 Å². The van der Waals surface area contributed by atoms with Crippen LogP contribution in [0.5, 0.6) is 0 Å². The van der Waals surface area contributed by atoms with E-state index in [0.717, 1.165) is 0 Å². The van der Waals surface area contributed by atoms with Gasteiger partial charge in [-0.15, -0.1) is 0 Å². The fourth-order valence-electron chi connectivity index (χ4n) is 3.20. The molecule has 0 spiro atoms. The van der Waals surface area contributed by atoms with Gasteiger partial charge in [0.15, 0.2) is 0 Å². The topological polar surface area (TPSA) is 21.8 Å². The third-order valence-corrected chi connectivity index (χ3v) is 3.86. The molecule has 0 aromatic heterocycles. The number of epoxide rings is 1. The van der Waals surface area contributed by atoms with Gasteiger partial charge in [0, 0.05) is 5.92 Å². The van der Waals surface area contributed by atoms with E-state index in [1.807, 2.05) is 0 Å². The zero-order chi connectivity index (χ0) is 8.56. The van der Waals surface area contributed by atoms with E-state index in [4.69, 9.17) is 9.47 Å². The zero-order valence-electron chi connectivity index (χ0n) is 7.96. The summed E-state index contributed by atoms with van der Waals surface area (Å²) in [5, 5.41) is 0. The van der Waals surface area contributed by atoms with Gasteiger partial charge >= 0.3 is 0 Å². The van der Waals surface area contributed by atoms with Gasteiger partial charge in [0.25, 0.3) is 0 Å². The Hall–Kier alpha value is -0.0800. The van der Waals surface area contributed by atoms with E-state index in [9.17, 15) is 0 Å². The Kier molecular flexibility index (Phi) is 1.06. The lowest BCUT2D eigenvalue weighted by Gasteiger charge is -2.51. The zero-order valence-corrected chi connectivity index (χ0v) is 7.96. The molecule has 3 heterocycles. The molecule has 2 heteroatoms. The van der Waals surface area contributed by atoms with Gasteiger partial charge in [-0.05, 0) is 33.6 Å². The Balaban J connectivity index is 2.01. The summed E-state index contributed by atoms with van der Waals surface area (Å²) in [6, 6.07) is 0. The van der Waals surface area contributed by atoms with Gasteiger partial charge in [-0.1, -0.05) is 0 Å². The molecule has 0 radical (unpaired) electrons. The van der Waals surface area contributed by atoms with Crippen LogP contribution in [-0.2, 0) is 9.47 Å². The molecule has 4 fully saturated rings. The van der Waals surface area contributed by atoms with Gasteiger partial charge in [0.05, 0.1) is 17.3 Å². The average Bonchev–Trinajstić information content (AvgIpc) is 2.62. The summed E-state index contributed by atoms with van der Waals surface area (Å²) in [4.78, 5) is 0. The van der Waals surface area contributed by atoms with Crippen molar-refractivity contribution in [2.24, 2.45) is 5.92 Å². The van der Waals surface area contributed by atoms with E-state index in [0.29, 0.717) is 18.1 Å². The maximum atomic E-state index is 6.09. The maximum absolute atomic E-state index is 6.09. The Morgan fingerprint density at radius 1 is 1.25 bits per heavy atom. The van der Waals surface area contributed by atoms with Gasteiger partial charge in [-0.25, -0.2) is 0 Å². The molecule has 1 aliphatic carbocycles. The molecule has 4 atom stereocenters. The fourth-order valence-corrected chi connectivity index (χ4v) is 3.20. The minimum Gasteiger partial charge on any atom is -0.366 e. The van der Waals surface area contributed by atoms with Gasteiger partial charge in [-0.2, -0.15) is 0 Å². The van der Waals surface area contributed by atoms with Crippen molar-refractivity contribution >= 4 is 0 Å². The van der Waals surface area contributed by atoms with Gasteiger partial charge < -0.3 is 9.47 Å².